The number of aryl methyl sites for hydroxylation is 1. The summed E-state index contributed by atoms with van der Waals surface area (Å²) in [7, 11) is 1.83. The third kappa shape index (κ3) is 1.82. The van der Waals surface area contributed by atoms with Crippen LogP contribution in [0.25, 0.3) is 11.1 Å². The van der Waals surface area contributed by atoms with E-state index in [-0.39, 0.29) is 6.79 Å². The van der Waals surface area contributed by atoms with E-state index in [0.29, 0.717) is 11.7 Å². The Labute approximate surface area is 111 Å². The third-order valence-corrected chi connectivity index (χ3v) is 3.44. The van der Waals surface area contributed by atoms with Crippen molar-refractivity contribution in [3.05, 3.63) is 23.9 Å². The second kappa shape index (κ2) is 4.19. The molecule has 5 nitrogen and oxygen atoms in total. The van der Waals surface area contributed by atoms with Crippen molar-refractivity contribution in [1.82, 2.24) is 9.78 Å². The fourth-order valence-electron chi connectivity index (χ4n) is 2.32. The van der Waals surface area contributed by atoms with Crippen molar-refractivity contribution >= 4 is 5.82 Å². The highest BCUT2D eigenvalue weighted by Crippen LogP contribution is 2.42. The van der Waals surface area contributed by atoms with Crippen molar-refractivity contribution in [2.75, 3.05) is 12.5 Å². The van der Waals surface area contributed by atoms with Crippen LogP contribution in [0.1, 0.15) is 25.3 Å². The molecule has 0 saturated carbocycles. The predicted molar refractivity (Wildman–Crippen MR) is 73.3 cm³/mol. The summed E-state index contributed by atoms with van der Waals surface area (Å²) in [6.45, 7) is 4.57. The number of rotatable bonds is 2. The Morgan fingerprint density at radius 3 is 2.47 bits per heavy atom. The number of fused-ring (bicyclic) bond motifs is 1. The van der Waals surface area contributed by atoms with Crippen molar-refractivity contribution < 1.29 is 9.47 Å². The Kier molecular flexibility index (Phi) is 2.62. The molecule has 0 atom stereocenters. The lowest BCUT2D eigenvalue weighted by Gasteiger charge is -2.13. The molecule has 0 fully saturated rings. The lowest BCUT2D eigenvalue weighted by atomic mass is 9.93. The van der Waals surface area contributed by atoms with E-state index in [2.05, 4.69) is 18.9 Å². The quantitative estimate of drug-likeness (QED) is 0.900. The molecule has 0 amide bonds. The molecule has 3 rings (SSSR count). The van der Waals surface area contributed by atoms with E-state index in [1.165, 1.54) is 5.56 Å². The van der Waals surface area contributed by atoms with Gasteiger partial charge in [0.2, 0.25) is 6.79 Å². The molecule has 5 heteroatoms. The van der Waals surface area contributed by atoms with Crippen LogP contribution in [0.4, 0.5) is 5.82 Å². The molecule has 0 unspecified atom stereocenters. The minimum atomic E-state index is 0.277. The average Bonchev–Trinajstić information content (AvgIpc) is 2.95. The predicted octanol–water partition coefficient (Wildman–Crippen LogP) is 2.52. The van der Waals surface area contributed by atoms with Gasteiger partial charge in [-0.05, 0) is 29.2 Å². The van der Waals surface area contributed by atoms with E-state index in [4.69, 9.17) is 15.2 Å². The van der Waals surface area contributed by atoms with E-state index in [1.54, 1.807) is 10.9 Å². The van der Waals surface area contributed by atoms with Gasteiger partial charge in [0, 0.05) is 12.6 Å². The number of nitrogens with zero attached hydrogens (tertiary/aromatic N) is 2. The van der Waals surface area contributed by atoms with E-state index < -0.39 is 0 Å². The van der Waals surface area contributed by atoms with E-state index in [9.17, 15) is 0 Å². The number of anilines is 1. The summed E-state index contributed by atoms with van der Waals surface area (Å²) in [6, 6.07) is 4.03. The Bertz CT molecular complexity index is 632. The van der Waals surface area contributed by atoms with Crippen LogP contribution < -0.4 is 15.2 Å². The first-order chi connectivity index (χ1) is 9.08. The van der Waals surface area contributed by atoms with E-state index in [0.717, 1.165) is 22.6 Å². The van der Waals surface area contributed by atoms with Crippen molar-refractivity contribution in [3.63, 3.8) is 0 Å². The monoisotopic (exact) mass is 259 g/mol. The van der Waals surface area contributed by atoms with Gasteiger partial charge < -0.3 is 15.2 Å². The van der Waals surface area contributed by atoms with Crippen LogP contribution >= 0.6 is 0 Å². The van der Waals surface area contributed by atoms with Gasteiger partial charge in [0.25, 0.3) is 0 Å². The molecule has 100 valence electrons. The van der Waals surface area contributed by atoms with Crippen LogP contribution in [-0.2, 0) is 7.05 Å². The number of benzene rings is 1. The highest BCUT2D eigenvalue weighted by atomic mass is 16.7. The number of aromatic nitrogens is 2. The van der Waals surface area contributed by atoms with Crippen molar-refractivity contribution in [1.29, 1.82) is 0 Å². The minimum Gasteiger partial charge on any atom is -0.454 e. The first kappa shape index (κ1) is 11.9. The van der Waals surface area contributed by atoms with Gasteiger partial charge in [-0.1, -0.05) is 13.8 Å². The molecule has 2 N–H and O–H groups in total. The number of ether oxygens (including phenoxy) is 2. The van der Waals surface area contributed by atoms with Crippen molar-refractivity contribution in [2.24, 2.45) is 7.05 Å². The number of nitrogens with two attached hydrogens (primary N) is 1. The minimum absolute atomic E-state index is 0.277. The Balaban J connectivity index is 2.22. The highest BCUT2D eigenvalue weighted by Gasteiger charge is 2.21. The van der Waals surface area contributed by atoms with Crippen LogP contribution in [0.2, 0.25) is 0 Å². The maximum absolute atomic E-state index is 6.08. The lowest BCUT2D eigenvalue weighted by molar-refractivity contribution is 0.174. The van der Waals surface area contributed by atoms with Crippen LogP contribution in [0.15, 0.2) is 18.3 Å². The van der Waals surface area contributed by atoms with Crippen molar-refractivity contribution in [3.8, 4) is 22.6 Å². The van der Waals surface area contributed by atoms with Gasteiger partial charge >= 0.3 is 0 Å². The molecule has 0 aliphatic carbocycles. The number of hydrogen-bond donors (Lipinski definition) is 1. The smallest absolute Gasteiger partial charge is 0.231 e. The summed E-state index contributed by atoms with van der Waals surface area (Å²) in [5.41, 5.74) is 9.26. The molecule has 0 spiro atoms. The number of nitrogen functional groups attached to an aromatic ring is 1. The summed E-state index contributed by atoms with van der Waals surface area (Å²) < 4.78 is 12.6. The van der Waals surface area contributed by atoms with Crippen molar-refractivity contribution in [2.45, 2.75) is 19.8 Å². The molecular weight excluding hydrogens is 242 g/mol. The fourth-order valence-corrected chi connectivity index (χ4v) is 2.32. The van der Waals surface area contributed by atoms with Gasteiger partial charge in [-0.15, -0.1) is 0 Å². The Morgan fingerprint density at radius 2 is 1.89 bits per heavy atom. The van der Waals surface area contributed by atoms with Crippen LogP contribution in [-0.4, -0.2) is 16.6 Å². The van der Waals surface area contributed by atoms with Gasteiger partial charge in [-0.25, -0.2) is 0 Å². The molecular formula is C14H17N3O2. The van der Waals surface area contributed by atoms with Gasteiger partial charge in [0.15, 0.2) is 11.5 Å². The summed E-state index contributed by atoms with van der Waals surface area (Å²) in [5.74, 6) is 2.59. The van der Waals surface area contributed by atoms with Gasteiger partial charge in [0.1, 0.15) is 5.82 Å². The summed E-state index contributed by atoms with van der Waals surface area (Å²) in [4.78, 5) is 0. The normalized spacial score (nSPS) is 13.3. The number of hydrogen-bond acceptors (Lipinski definition) is 4. The SMILES string of the molecule is CC(C)c1cc2c(cc1-c1cnn(C)c1N)OCO2. The van der Waals surface area contributed by atoms with Crippen LogP contribution in [0.3, 0.4) is 0 Å². The van der Waals surface area contributed by atoms with Gasteiger partial charge in [0.05, 0.1) is 6.20 Å². The zero-order valence-electron chi connectivity index (χ0n) is 11.3. The molecule has 1 aromatic heterocycles. The first-order valence-electron chi connectivity index (χ1n) is 6.29. The van der Waals surface area contributed by atoms with E-state index in [1.807, 2.05) is 19.2 Å². The largest absolute Gasteiger partial charge is 0.454 e. The molecule has 1 aliphatic rings. The lowest BCUT2D eigenvalue weighted by Crippen LogP contribution is -1.99. The molecule has 0 bridgehead atoms. The standard InChI is InChI=1S/C14H17N3O2/c1-8(2)9-4-12-13(19-7-18-12)5-10(9)11-6-16-17(3)14(11)15/h4-6,8H,7,15H2,1-3H3. The second-order valence-electron chi connectivity index (χ2n) is 5.01. The third-order valence-electron chi connectivity index (χ3n) is 3.44. The topological polar surface area (TPSA) is 62.3 Å². The molecule has 2 heterocycles. The van der Waals surface area contributed by atoms with E-state index >= 15 is 0 Å². The molecule has 1 aliphatic heterocycles. The molecule has 0 radical (unpaired) electrons. The Morgan fingerprint density at radius 1 is 1.21 bits per heavy atom. The first-order valence-corrected chi connectivity index (χ1v) is 6.29. The average molecular weight is 259 g/mol. The fraction of sp³-hybridized carbons (Fsp3) is 0.357. The molecule has 1 aromatic carbocycles. The molecule has 19 heavy (non-hydrogen) atoms. The van der Waals surface area contributed by atoms with Gasteiger partial charge in [-0.3, -0.25) is 4.68 Å². The zero-order chi connectivity index (χ0) is 13.6. The Hall–Kier alpha value is -2.17. The highest BCUT2D eigenvalue weighted by molar-refractivity contribution is 5.79. The maximum Gasteiger partial charge on any atom is 0.231 e. The summed E-state index contributed by atoms with van der Waals surface area (Å²) in [5, 5.41) is 4.21. The zero-order valence-corrected chi connectivity index (χ0v) is 11.3. The molecule has 2 aromatic rings. The van der Waals surface area contributed by atoms with Crippen LogP contribution in [0, 0.1) is 0 Å². The maximum atomic E-state index is 6.08. The van der Waals surface area contributed by atoms with Crippen LogP contribution in [0.5, 0.6) is 11.5 Å². The summed E-state index contributed by atoms with van der Waals surface area (Å²) in [6.07, 6.45) is 1.79. The molecule has 0 saturated heterocycles. The van der Waals surface area contributed by atoms with Gasteiger partial charge in [-0.2, -0.15) is 5.10 Å². The summed E-state index contributed by atoms with van der Waals surface area (Å²) >= 11 is 0. The second-order valence-corrected chi connectivity index (χ2v) is 5.01.